The van der Waals surface area contributed by atoms with E-state index in [1.54, 1.807) is 0 Å². The number of amides is 1. The zero-order chi connectivity index (χ0) is 13.5. The lowest BCUT2D eigenvalue weighted by atomic mass is 10.1. The van der Waals surface area contributed by atoms with Crippen LogP contribution >= 0.6 is 11.6 Å². The minimum atomic E-state index is 0.0866. The van der Waals surface area contributed by atoms with Crippen LogP contribution in [-0.2, 0) is 17.6 Å². The van der Waals surface area contributed by atoms with Crippen LogP contribution in [0.15, 0.2) is 42.6 Å². The number of benzene rings is 1. The number of rotatable bonds is 6. The molecule has 0 fully saturated rings. The first-order valence-corrected chi connectivity index (χ1v) is 6.75. The van der Waals surface area contributed by atoms with Crippen molar-refractivity contribution in [3.05, 3.63) is 58.9 Å². The molecule has 0 radical (unpaired) electrons. The van der Waals surface area contributed by atoms with Crippen molar-refractivity contribution in [1.82, 2.24) is 10.3 Å². The van der Waals surface area contributed by atoms with Crippen molar-refractivity contribution in [2.45, 2.75) is 19.3 Å². The van der Waals surface area contributed by atoms with E-state index in [9.17, 15) is 4.79 Å². The number of hydrogen-bond acceptors (Lipinski definition) is 1. The van der Waals surface area contributed by atoms with E-state index in [2.05, 4.69) is 10.3 Å². The van der Waals surface area contributed by atoms with Crippen LogP contribution in [0.25, 0.3) is 0 Å². The summed E-state index contributed by atoms with van der Waals surface area (Å²) in [5, 5.41) is 3.66. The van der Waals surface area contributed by atoms with Crippen molar-refractivity contribution in [1.29, 1.82) is 0 Å². The van der Waals surface area contributed by atoms with E-state index < -0.39 is 0 Å². The molecule has 0 bridgehead atoms. The molecule has 3 nitrogen and oxygen atoms in total. The fraction of sp³-hybridized carbons (Fsp3) is 0.267. The van der Waals surface area contributed by atoms with Crippen LogP contribution in [0.3, 0.4) is 0 Å². The summed E-state index contributed by atoms with van der Waals surface area (Å²) in [6.45, 7) is 0.658. The highest BCUT2D eigenvalue weighted by Gasteiger charge is 2.02. The molecule has 1 aromatic carbocycles. The number of aromatic amines is 1. The average molecular weight is 277 g/mol. The van der Waals surface area contributed by atoms with E-state index in [1.165, 1.54) is 5.56 Å². The van der Waals surface area contributed by atoms with Gasteiger partial charge < -0.3 is 10.3 Å². The van der Waals surface area contributed by atoms with Crippen molar-refractivity contribution >= 4 is 17.5 Å². The molecule has 4 heteroatoms. The van der Waals surface area contributed by atoms with Gasteiger partial charge in [0.25, 0.3) is 0 Å². The first-order chi connectivity index (χ1) is 9.24. The van der Waals surface area contributed by atoms with Crippen molar-refractivity contribution in [3.63, 3.8) is 0 Å². The molecule has 0 aliphatic heterocycles. The number of carbonyl (C=O) groups excluding carboxylic acids is 1. The molecule has 0 saturated carbocycles. The van der Waals surface area contributed by atoms with Crippen molar-refractivity contribution in [2.75, 3.05) is 6.54 Å². The molecule has 2 aromatic rings. The highest BCUT2D eigenvalue weighted by molar-refractivity contribution is 6.30. The predicted molar refractivity (Wildman–Crippen MR) is 77.3 cm³/mol. The minimum Gasteiger partial charge on any atom is -0.365 e. The minimum absolute atomic E-state index is 0.0866. The van der Waals surface area contributed by atoms with E-state index in [4.69, 9.17) is 11.6 Å². The van der Waals surface area contributed by atoms with Gasteiger partial charge in [-0.15, -0.1) is 0 Å². The van der Waals surface area contributed by atoms with Gasteiger partial charge in [-0.05, 0) is 42.7 Å². The maximum Gasteiger partial charge on any atom is 0.220 e. The normalized spacial score (nSPS) is 10.4. The smallest absolute Gasteiger partial charge is 0.220 e. The molecular formula is C15H17ClN2O. The highest BCUT2D eigenvalue weighted by Crippen LogP contribution is 2.09. The van der Waals surface area contributed by atoms with Crippen LogP contribution in [0.1, 0.15) is 17.7 Å². The number of nitrogens with one attached hydrogen (secondary N) is 2. The lowest BCUT2D eigenvalue weighted by Crippen LogP contribution is -2.25. The lowest BCUT2D eigenvalue weighted by Gasteiger charge is -2.05. The number of halogens is 1. The Bertz CT molecular complexity index is 505. The summed E-state index contributed by atoms with van der Waals surface area (Å²) in [6, 6.07) is 11.6. The molecule has 100 valence electrons. The summed E-state index contributed by atoms with van der Waals surface area (Å²) in [4.78, 5) is 14.7. The fourth-order valence-corrected chi connectivity index (χ4v) is 1.98. The summed E-state index contributed by atoms with van der Waals surface area (Å²) < 4.78 is 0. The zero-order valence-electron chi connectivity index (χ0n) is 10.7. The Labute approximate surface area is 118 Å². The second kappa shape index (κ2) is 7.00. The Kier molecular flexibility index (Phi) is 5.04. The second-order valence-corrected chi connectivity index (χ2v) is 4.86. The van der Waals surface area contributed by atoms with E-state index >= 15 is 0 Å². The van der Waals surface area contributed by atoms with Gasteiger partial charge >= 0.3 is 0 Å². The van der Waals surface area contributed by atoms with Gasteiger partial charge in [-0.2, -0.15) is 0 Å². The average Bonchev–Trinajstić information content (AvgIpc) is 2.92. The molecule has 2 rings (SSSR count). The van der Waals surface area contributed by atoms with Crippen molar-refractivity contribution in [2.24, 2.45) is 0 Å². The van der Waals surface area contributed by atoms with E-state index in [-0.39, 0.29) is 5.91 Å². The van der Waals surface area contributed by atoms with Gasteiger partial charge in [0, 0.05) is 29.9 Å². The van der Waals surface area contributed by atoms with Crippen LogP contribution in [0.5, 0.6) is 0 Å². The van der Waals surface area contributed by atoms with Gasteiger partial charge in [0.2, 0.25) is 5.91 Å². The number of hydrogen-bond donors (Lipinski definition) is 2. The molecule has 0 spiro atoms. The molecule has 0 saturated heterocycles. The molecule has 0 aliphatic rings. The molecule has 2 N–H and O–H groups in total. The fourth-order valence-electron chi connectivity index (χ4n) is 1.86. The predicted octanol–water partition coefficient (Wildman–Crippen LogP) is 2.96. The van der Waals surface area contributed by atoms with Crippen molar-refractivity contribution in [3.8, 4) is 0 Å². The zero-order valence-corrected chi connectivity index (χ0v) is 11.4. The Hall–Kier alpha value is -1.74. The number of aryl methyl sites for hydroxylation is 1. The van der Waals surface area contributed by atoms with Crippen LogP contribution in [0.4, 0.5) is 0 Å². The first kappa shape index (κ1) is 13.7. The molecule has 19 heavy (non-hydrogen) atoms. The highest BCUT2D eigenvalue weighted by atomic mass is 35.5. The maximum atomic E-state index is 11.6. The van der Waals surface area contributed by atoms with Gasteiger partial charge in [0.15, 0.2) is 0 Å². The summed E-state index contributed by atoms with van der Waals surface area (Å²) >= 11 is 5.81. The van der Waals surface area contributed by atoms with Gasteiger partial charge in [0.05, 0.1) is 0 Å². The lowest BCUT2D eigenvalue weighted by molar-refractivity contribution is -0.121. The Morgan fingerprint density at radius 1 is 1.16 bits per heavy atom. The third-order valence-corrected chi connectivity index (χ3v) is 3.18. The van der Waals surface area contributed by atoms with Crippen LogP contribution in [-0.4, -0.2) is 17.4 Å². The quantitative estimate of drug-likeness (QED) is 0.837. The molecule has 1 heterocycles. The van der Waals surface area contributed by atoms with Crippen molar-refractivity contribution < 1.29 is 4.79 Å². The number of aromatic nitrogens is 1. The van der Waals surface area contributed by atoms with E-state index in [0.717, 1.165) is 23.6 Å². The largest absolute Gasteiger partial charge is 0.365 e. The third-order valence-electron chi connectivity index (χ3n) is 2.93. The standard InChI is InChI=1S/C15H17ClN2O/c16-13-5-3-12(4-6-13)9-11-18-15(19)8-7-14-2-1-10-17-14/h1-6,10,17H,7-9,11H2,(H,18,19). The summed E-state index contributed by atoms with van der Waals surface area (Å²) in [5.41, 5.74) is 2.27. The Balaban J connectivity index is 1.65. The summed E-state index contributed by atoms with van der Waals surface area (Å²) in [6.07, 6.45) is 3.96. The molecular weight excluding hydrogens is 260 g/mol. The second-order valence-electron chi connectivity index (χ2n) is 4.42. The molecule has 1 aromatic heterocycles. The topological polar surface area (TPSA) is 44.9 Å². The molecule has 0 aliphatic carbocycles. The Morgan fingerprint density at radius 2 is 1.95 bits per heavy atom. The van der Waals surface area contributed by atoms with E-state index in [0.29, 0.717) is 13.0 Å². The number of carbonyl (C=O) groups is 1. The van der Waals surface area contributed by atoms with Gasteiger partial charge in [-0.3, -0.25) is 4.79 Å². The monoisotopic (exact) mass is 276 g/mol. The summed E-state index contributed by atoms with van der Waals surface area (Å²) in [7, 11) is 0. The van der Waals surface area contributed by atoms with Crippen LogP contribution in [0, 0.1) is 0 Å². The molecule has 0 unspecified atom stereocenters. The molecule has 0 atom stereocenters. The number of H-pyrrole nitrogens is 1. The Morgan fingerprint density at radius 3 is 2.63 bits per heavy atom. The van der Waals surface area contributed by atoms with Gasteiger partial charge in [-0.25, -0.2) is 0 Å². The van der Waals surface area contributed by atoms with E-state index in [1.807, 2.05) is 42.6 Å². The first-order valence-electron chi connectivity index (χ1n) is 6.37. The summed E-state index contributed by atoms with van der Waals surface area (Å²) in [5.74, 6) is 0.0866. The van der Waals surface area contributed by atoms with Crippen LogP contribution in [0.2, 0.25) is 5.02 Å². The van der Waals surface area contributed by atoms with Gasteiger partial charge in [-0.1, -0.05) is 23.7 Å². The van der Waals surface area contributed by atoms with Gasteiger partial charge in [0.1, 0.15) is 0 Å². The van der Waals surface area contributed by atoms with Crippen LogP contribution < -0.4 is 5.32 Å². The maximum absolute atomic E-state index is 11.6. The molecule has 1 amide bonds. The third kappa shape index (κ3) is 4.79. The SMILES string of the molecule is O=C(CCc1ccc[nH]1)NCCc1ccc(Cl)cc1.